The molecule has 0 bridgehead atoms. The Hall–Kier alpha value is -4.33. The molecule has 8 heteroatoms. The predicted octanol–water partition coefficient (Wildman–Crippen LogP) is 4.94. The van der Waals surface area contributed by atoms with Gasteiger partial charge in [-0.2, -0.15) is 0 Å². The Kier molecular flexibility index (Phi) is 7.01. The molecule has 1 aliphatic heterocycles. The van der Waals surface area contributed by atoms with Crippen LogP contribution in [0, 0.1) is 0 Å². The molecule has 8 nitrogen and oxygen atoms in total. The van der Waals surface area contributed by atoms with Crippen molar-refractivity contribution in [2.24, 2.45) is 0 Å². The van der Waals surface area contributed by atoms with Gasteiger partial charge in [-0.25, -0.2) is 4.90 Å². The largest absolute Gasteiger partial charge is 0.494 e. The molecule has 1 aliphatic rings. The van der Waals surface area contributed by atoms with Crippen molar-refractivity contribution in [3.8, 4) is 17.2 Å². The van der Waals surface area contributed by atoms with Crippen LogP contribution in [0.15, 0.2) is 60.7 Å². The van der Waals surface area contributed by atoms with E-state index in [1.807, 2.05) is 20.8 Å². The SMILES string of the molecule is CCOc1ccc(N2C(=O)c3ccc(C(=O)Nc4cc(OCC)ccc4OCC)cc3C2=O)cc1. The molecule has 3 aromatic carbocycles. The number of rotatable bonds is 9. The maximum atomic E-state index is 13.1. The summed E-state index contributed by atoms with van der Waals surface area (Å²) < 4.78 is 16.6. The van der Waals surface area contributed by atoms with Gasteiger partial charge in [-0.1, -0.05) is 0 Å². The van der Waals surface area contributed by atoms with E-state index in [0.29, 0.717) is 48.4 Å². The van der Waals surface area contributed by atoms with Gasteiger partial charge in [0.05, 0.1) is 42.3 Å². The third kappa shape index (κ3) is 4.82. The maximum Gasteiger partial charge on any atom is 0.266 e. The highest BCUT2D eigenvalue weighted by Crippen LogP contribution is 2.32. The van der Waals surface area contributed by atoms with Gasteiger partial charge in [-0.3, -0.25) is 14.4 Å². The second-order valence-corrected chi connectivity index (χ2v) is 7.61. The first-order valence-electron chi connectivity index (χ1n) is 11.4. The number of hydrogen-bond acceptors (Lipinski definition) is 6. The van der Waals surface area contributed by atoms with E-state index in [1.165, 1.54) is 18.2 Å². The topological polar surface area (TPSA) is 94.2 Å². The highest BCUT2D eigenvalue weighted by molar-refractivity contribution is 6.34. The Morgan fingerprint density at radius 1 is 0.743 bits per heavy atom. The summed E-state index contributed by atoms with van der Waals surface area (Å²) in [6, 6.07) is 16.3. The van der Waals surface area contributed by atoms with E-state index >= 15 is 0 Å². The number of fused-ring (bicyclic) bond motifs is 1. The molecule has 1 N–H and O–H groups in total. The van der Waals surface area contributed by atoms with Crippen molar-refractivity contribution in [1.82, 2.24) is 0 Å². The average molecular weight is 475 g/mol. The van der Waals surface area contributed by atoms with Gasteiger partial charge in [0.15, 0.2) is 0 Å². The van der Waals surface area contributed by atoms with Gasteiger partial charge in [-0.05, 0) is 75.4 Å². The lowest BCUT2D eigenvalue weighted by atomic mass is 10.1. The zero-order chi connectivity index (χ0) is 24.9. The number of benzene rings is 3. The van der Waals surface area contributed by atoms with E-state index in [4.69, 9.17) is 14.2 Å². The molecule has 0 saturated carbocycles. The van der Waals surface area contributed by atoms with Crippen LogP contribution < -0.4 is 24.4 Å². The highest BCUT2D eigenvalue weighted by atomic mass is 16.5. The maximum absolute atomic E-state index is 13.1. The van der Waals surface area contributed by atoms with Crippen LogP contribution in [-0.2, 0) is 0 Å². The number of carbonyl (C=O) groups excluding carboxylic acids is 3. The van der Waals surface area contributed by atoms with Crippen LogP contribution in [0.2, 0.25) is 0 Å². The first kappa shape index (κ1) is 23.8. The summed E-state index contributed by atoms with van der Waals surface area (Å²) in [6.45, 7) is 7.01. The van der Waals surface area contributed by atoms with E-state index in [1.54, 1.807) is 42.5 Å². The molecule has 0 atom stereocenters. The van der Waals surface area contributed by atoms with Crippen molar-refractivity contribution in [3.63, 3.8) is 0 Å². The van der Waals surface area contributed by atoms with Crippen molar-refractivity contribution in [2.45, 2.75) is 20.8 Å². The van der Waals surface area contributed by atoms with Gasteiger partial charge in [0, 0.05) is 11.6 Å². The molecule has 0 saturated heterocycles. The molecule has 1 heterocycles. The number of amides is 3. The smallest absolute Gasteiger partial charge is 0.266 e. The van der Waals surface area contributed by atoms with Gasteiger partial charge in [0.25, 0.3) is 17.7 Å². The third-order valence-electron chi connectivity index (χ3n) is 5.36. The number of ether oxygens (including phenoxy) is 3. The van der Waals surface area contributed by atoms with Crippen LogP contribution in [0.5, 0.6) is 17.2 Å². The summed E-state index contributed by atoms with van der Waals surface area (Å²) in [5.41, 5.74) is 1.53. The van der Waals surface area contributed by atoms with E-state index in [-0.39, 0.29) is 16.7 Å². The van der Waals surface area contributed by atoms with Crippen molar-refractivity contribution < 1.29 is 28.6 Å². The van der Waals surface area contributed by atoms with E-state index in [2.05, 4.69) is 5.32 Å². The number of imide groups is 1. The molecule has 0 fully saturated rings. The van der Waals surface area contributed by atoms with Crippen molar-refractivity contribution in [2.75, 3.05) is 30.0 Å². The lowest BCUT2D eigenvalue weighted by Gasteiger charge is -2.14. The Morgan fingerprint density at radius 3 is 2.06 bits per heavy atom. The molecule has 35 heavy (non-hydrogen) atoms. The van der Waals surface area contributed by atoms with Gasteiger partial charge in [0.1, 0.15) is 17.2 Å². The molecule has 4 rings (SSSR count). The Bertz CT molecular complexity index is 1270. The Morgan fingerprint density at radius 2 is 1.37 bits per heavy atom. The summed E-state index contributed by atoms with van der Waals surface area (Å²) in [5.74, 6) is 0.362. The van der Waals surface area contributed by atoms with E-state index in [9.17, 15) is 14.4 Å². The van der Waals surface area contributed by atoms with Crippen LogP contribution in [0.3, 0.4) is 0 Å². The molecule has 0 aliphatic carbocycles. The Labute approximate surface area is 203 Å². The highest BCUT2D eigenvalue weighted by Gasteiger charge is 2.37. The monoisotopic (exact) mass is 474 g/mol. The number of nitrogens with zero attached hydrogens (tertiary/aromatic N) is 1. The summed E-state index contributed by atoms with van der Waals surface area (Å²) in [5, 5.41) is 2.82. The standard InChI is InChI=1S/C27H26N2O6/c1-4-33-19-10-8-18(9-11-19)29-26(31)21-13-7-17(15-22(21)27(29)32)25(30)28-23-16-20(34-5-2)12-14-24(23)35-6-3/h7-16H,4-6H2,1-3H3,(H,28,30). The fraction of sp³-hybridized carbons (Fsp3) is 0.222. The Balaban J connectivity index is 1.58. The van der Waals surface area contributed by atoms with Gasteiger partial charge < -0.3 is 19.5 Å². The minimum absolute atomic E-state index is 0.171. The van der Waals surface area contributed by atoms with Crippen LogP contribution >= 0.6 is 0 Å². The molecule has 0 aromatic heterocycles. The lowest BCUT2D eigenvalue weighted by Crippen LogP contribution is -2.29. The summed E-state index contributed by atoms with van der Waals surface area (Å²) in [6.07, 6.45) is 0. The van der Waals surface area contributed by atoms with Crippen LogP contribution in [-0.4, -0.2) is 37.5 Å². The first-order chi connectivity index (χ1) is 17.0. The molecular formula is C27H26N2O6. The molecule has 0 spiro atoms. The summed E-state index contributed by atoms with van der Waals surface area (Å²) >= 11 is 0. The minimum atomic E-state index is -0.489. The van der Waals surface area contributed by atoms with Gasteiger partial charge in [0.2, 0.25) is 0 Å². The summed E-state index contributed by atoms with van der Waals surface area (Å²) in [4.78, 5) is 40.2. The zero-order valence-corrected chi connectivity index (χ0v) is 19.8. The van der Waals surface area contributed by atoms with E-state index in [0.717, 1.165) is 4.90 Å². The molecular weight excluding hydrogens is 448 g/mol. The fourth-order valence-corrected chi connectivity index (χ4v) is 3.81. The molecule has 180 valence electrons. The molecule has 3 aromatic rings. The fourth-order valence-electron chi connectivity index (χ4n) is 3.81. The number of nitrogens with one attached hydrogen (secondary N) is 1. The van der Waals surface area contributed by atoms with Gasteiger partial charge >= 0.3 is 0 Å². The minimum Gasteiger partial charge on any atom is -0.494 e. The normalized spacial score (nSPS) is 12.4. The van der Waals surface area contributed by atoms with Crippen molar-refractivity contribution >= 4 is 29.1 Å². The van der Waals surface area contributed by atoms with Gasteiger partial charge in [-0.15, -0.1) is 0 Å². The summed E-state index contributed by atoms with van der Waals surface area (Å²) in [7, 11) is 0. The number of anilines is 2. The van der Waals surface area contributed by atoms with Crippen molar-refractivity contribution in [1.29, 1.82) is 0 Å². The molecule has 0 radical (unpaired) electrons. The quantitative estimate of drug-likeness (QED) is 0.442. The van der Waals surface area contributed by atoms with Crippen LogP contribution in [0.1, 0.15) is 51.8 Å². The van der Waals surface area contributed by atoms with E-state index < -0.39 is 17.7 Å². The average Bonchev–Trinajstić information content (AvgIpc) is 3.11. The van der Waals surface area contributed by atoms with Crippen LogP contribution in [0.25, 0.3) is 0 Å². The van der Waals surface area contributed by atoms with Crippen LogP contribution in [0.4, 0.5) is 11.4 Å². The van der Waals surface area contributed by atoms with Crippen molar-refractivity contribution in [3.05, 3.63) is 77.4 Å². The molecule has 0 unspecified atom stereocenters. The molecule has 3 amide bonds. The first-order valence-corrected chi connectivity index (χ1v) is 11.4. The predicted molar refractivity (Wildman–Crippen MR) is 132 cm³/mol. The number of hydrogen-bond donors (Lipinski definition) is 1. The number of carbonyl (C=O) groups is 3. The lowest BCUT2D eigenvalue weighted by molar-refractivity contribution is 0.0925. The third-order valence-corrected chi connectivity index (χ3v) is 5.36. The second kappa shape index (κ2) is 10.3. The zero-order valence-electron chi connectivity index (χ0n) is 19.8. The second-order valence-electron chi connectivity index (χ2n) is 7.61.